The average molecular weight is 463 g/mol. The number of hydrogen-bond acceptors (Lipinski definition) is 4. The number of hydrogen-bond donors (Lipinski definition) is 2. The molecule has 8 nitrogen and oxygen atoms in total. The molecule has 1 fully saturated rings. The number of likely N-dealkylation sites (tertiary alicyclic amines) is 1. The summed E-state index contributed by atoms with van der Waals surface area (Å²) in [6, 6.07) is 0. The molecule has 0 atom stereocenters. The van der Waals surface area contributed by atoms with Crippen LogP contribution in [0.15, 0.2) is 17.6 Å². The van der Waals surface area contributed by atoms with Crippen molar-refractivity contribution < 1.29 is 4.79 Å². The van der Waals surface area contributed by atoms with Crippen molar-refractivity contribution in [1.29, 1.82) is 0 Å². The zero-order chi connectivity index (χ0) is 17.0. The first-order valence-electron chi connectivity index (χ1n) is 8.92. The van der Waals surface area contributed by atoms with E-state index < -0.39 is 0 Å². The summed E-state index contributed by atoms with van der Waals surface area (Å²) in [6.07, 6.45) is 8.24. The third-order valence-electron chi connectivity index (χ3n) is 3.97. The molecule has 142 valence electrons. The third-order valence-corrected chi connectivity index (χ3v) is 3.97. The van der Waals surface area contributed by atoms with Crippen LogP contribution in [0.1, 0.15) is 39.0 Å². The van der Waals surface area contributed by atoms with Gasteiger partial charge < -0.3 is 20.1 Å². The van der Waals surface area contributed by atoms with Crippen LogP contribution in [0.2, 0.25) is 0 Å². The summed E-state index contributed by atoms with van der Waals surface area (Å²) < 4.78 is 1.99. The lowest BCUT2D eigenvalue weighted by Crippen LogP contribution is -2.38. The molecule has 0 aliphatic carbocycles. The third kappa shape index (κ3) is 8.50. The number of aromatic nitrogens is 3. The molecule has 1 aromatic heterocycles. The molecule has 2 N–H and O–H groups in total. The number of rotatable bonds is 10. The van der Waals surface area contributed by atoms with Gasteiger partial charge in [-0.15, -0.1) is 34.2 Å². The number of carbonyl (C=O) groups excluding carboxylic acids is 1. The highest BCUT2D eigenvalue weighted by Crippen LogP contribution is 2.09. The van der Waals surface area contributed by atoms with Crippen LogP contribution < -0.4 is 10.6 Å². The van der Waals surface area contributed by atoms with Crippen molar-refractivity contribution in [2.75, 3.05) is 32.7 Å². The van der Waals surface area contributed by atoms with Crippen LogP contribution in [0, 0.1) is 0 Å². The van der Waals surface area contributed by atoms with E-state index in [4.69, 9.17) is 0 Å². The van der Waals surface area contributed by atoms with E-state index in [1.54, 1.807) is 12.7 Å². The van der Waals surface area contributed by atoms with Crippen LogP contribution in [0.4, 0.5) is 0 Å². The van der Waals surface area contributed by atoms with Crippen LogP contribution in [0.5, 0.6) is 0 Å². The van der Waals surface area contributed by atoms with Gasteiger partial charge in [0.1, 0.15) is 12.7 Å². The maximum absolute atomic E-state index is 11.5. The fraction of sp³-hybridized carbons (Fsp3) is 0.750. The second kappa shape index (κ2) is 12.9. The van der Waals surface area contributed by atoms with Gasteiger partial charge in [-0.25, -0.2) is 0 Å². The van der Waals surface area contributed by atoms with Crippen molar-refractivity contribution in [2.24, 2.45) is 4.99 Å². The number of aryl methyl sites for hydroxylation is 1. The lowest BCUT2D eigenvalue weighted by Gasteiger charge is -2.15. The van der Waals surface area contributed by atoms with E-state index in [9.17, 15) is 4.79 Å². The van der Waals surface area contributed by atoms with Gasteiger partial charge in [-0.3, -0.25) is 9.79 Å². The van der Waals surface area contributed by atoms with Crippen LogP contribution in [-0.2, 0) is 11.3 Å². The van der Waals surface area contributed by atoms with Crippen LogP contribution in [0.25, 0.3) is 0 Å². The topological polar surface area (TPSA) is 87.4 Å². The van der Waals surface area contributed by atoms with Crippen molar-refractivity contribution in [2.45, 2.75) is 45.6 Å². The number of nitrogens with zero attached hydrogens (tertiary/aromatic N) is 5. The molecule has 0 aromatic carbocycles. The Kier molecular flexibility index (Phi) is 11.2. The Balaban J connectivity index is 0.00000312. The van der Waals surface area contributed by atoms with Crippen molar-refractivity contribution in [3.63, 3.8) is 0 Å². The Bertz CT molecular complexity index is 507. The van der Waals surface area contributed by atoms with Gasteiger partial charge in [0, 0.05) is 45.7 Å². The van der Waals surface area contributed by atoms with E-state index in [0.717, 1.165) is 70.9 Å². The molecule has 0 unspecified atom stereocenters. The Morgan fingerprint density at radius 3 is 2.68 bits per heavy atom. The summed E-state index contributed by atoms with van der Waals surface area (Å²) in [5, 5.41) is 14.2. The quantitative estimate of drug-likeness (QED) is 0.236. The summed E-state index contributed by atoms with van der Waals surface area (Å²) in [4.78, 5) is 18.1. The summed E-state index contributed by atoms with van der Waals surface area (Å²) in [5.74, 6) is 1.15. The first kappa shape index (κ1) is 21.7. The van der Waals surface area contributed by atoms with Gasteiger partial charge in [0.05, 0.1) is 0 Å². The number of amides is 1. The molecule has 2 rings (SSSR count). The molecule has 1 amide bonds. The van der Waals surface area contributed by atoms with Crippen LogP contribution in [-0.4, -0.2) is 64.3 Å². The molecule has 2 heterocycles. The van der Waals surface area contributed by atoms with E-state index in [2.05, 4.69) is 32.7 Å². The largest absolute Gasteiger partial charge is 0.357 e. The van der Waals surface area contributed by atoms with E-state index in [1.807, 2.05) is 9.47 Å². The Hall–Kier alpha value is -1.39. The van der Waals surface area contributed by atoms with E-state index in [-0.39, 0.29) is 29.9 Å². The predicted molar refractivity (Wildman–Crippen MR) is 109 cm³/mol. The number of guanidine groups is 1. The maximum Gasteiger partial charge on any atom is 0.222 e. The monoisotopic (exact) mass is 463 g/mol. The Morgan fingerprint density at radius 1 is 1.20 bits per heavy atom. The van der Waals surface area contributed by atoms with Gasteiger partial charge in [-0.1, -0.05) is 0 Å². The van der Waals surface area contributed by atoms with Gasteiger partial charge in [0.15, 0.2) is 5.96 Å². The summed E-state index contributed by atoms with van der Waals surface area (Å²) in [6.45, 7) is 7.20. The van der Waals surface area contributed by atoms with Crippen molar-refractivity contribution >= 4 is 35.8 Å². The number of unbranched alkanes of at least 4 members (excludes halogenated alkanes) is 1. The normalized spacial score (nSPS) is 14.5. The highest BCUT2D eigenvalue weighted by Gasteiger charge is 2.18. The summed E-state index contributed by atoms with van der Waals surface area (Å²) >= 11 is 0. The summed E-state index contributed by atoms with van der Waals surface area (Å²) in [5.41, 5.74) is 0. The highest BCUT2D eigenvalue weighted by molar-refractivity contribution is 14.0. The molecule has 9 heteroatoms. The van der Waals surface area contributed by atoms with E-state index in [0.29, 0.717) is 6.42 Å². The molecular formula is C16H30IN7O. The van der Waals surface area contributed by atoms with Crippen LogP contribution in [0.3, 0.4) is 0 Å². The highest BCUT2D eigenvalue weighted by atomic mass is 127. The van der Waals surface area contributed by atoms with Crippen LogP contribution >= 0.6 is 24.0 Å². The van der Waals surface area contributed by atoms with E-state index >= 15 is 0 Å². The van der Waals surface area contributed by atoms with Gasteiger partial charge in [0.2, 0.25) is 5.91 Å². The van der Waals surface area contributed by atoms with E-state index in [1.165, 1.54) is 0 Å². The first-order valence-corrected chi connectivity index (χ1v) is 8.92. The van der Waals surface area contributed by atoms with Gasteiger partial charge >= 0.3 is 0 Å². The van der Waals surface area contributed by atoms with Crippen molar-refractivity contribution in [1.82, 2.24) is 30.3 Å². The van der Waals surface area contributed by atoms with Crippen molar-refractivity contribution in [3.8, 4) is 0 Å². The van der Waals surface area contributed by atoms with Crippen molar-refractivity contribution in [3.05, 3.63) is 12.7 Å². The number of carbonyl (C=O) groups is 1. The number of nitrogens with one attached hydrogen (secondary N) is 2. The smallest absolute Gasteiger partial charge is 0.222 e. The predicted octanol–water partition coefficient (Wildman–Crippen LogP) is 1.24. The molecule has 1 saturated heterocycles. The lowest BCUT2D eigenvalue weighted by atomic mass is 10.3. The minimum atomic E-state index is 0. The minimum Gasteiger partial charge on any atom is -0.357 e. The molecule has 0 saturated carbocycles. The zero-order valence-corrected chi connectivity index (χ0v) is 17.3. The second-order valence-corrected chi connectivity index (χ2v) is 5.93. The molecule has 1 aliphatic rings. The summed E-state index contributed by atoms with van der Waals surface area (Å²) in [7, 11) is 0. The first-order chi connectivity index (χ1) is 11.8. The van der Waals surface area contributed by atoms with Gasteiger partial charge in [0.25, 0.3) is 0 Å². The average Bonchev–Trinajstić information content (AvgIpc) is 3.23. The van der Waals surface area contributed by atoms with Gasteiger partial charge in [-0.2, -0.15) is 0 Å². The molecule has 0 spiro atoms. The zero-order valence-electron chi connectivity index (χ0n) is 15.0. The van der Waals surface area contributed by atoms with Gasteiger partial charge in [-0.05, 0) is 32.6 Å². The minimum absolute atomic E-state index is 0. The number of aliphatic imine (C=N–C) groups is 1. The maximum atomic E-state index is 11.5. The molecule has 0 bridgehead atoms. The lowest BCUT2D eigenvalue weighted by molar-refractivity contribution is -0.127. The SMILES string of the molecule is CCNC(=NCCCN1CCCC1=O)NCCCCn1cnnc1.I. The molecule has 25 heavy (non-hydrogen) atoms. The number of halogens is 1. The Morgan fingerprint density at radius 2 is 2.00 bits per heavy atom. The fourth-order valence-electron chi connectivity index (χ4n) is 2.70. The Labute approximate surface area is 166 Å². The second-order valence-electron chi connectivity index (χ2n) is 5.93. The molecule has 0 radical (unpaired) electrons. The molecule has 1 aromatic rings. The fourth-order valence-corrected chi connectivity index (χ4v) is 2.70. The standard InChI is InChI=1S/C16H29N7O.HI/c1-2-17-16(18-8-3-4-10-22-13-20-21-14-22)19-9-6-12-23-11-5-7-15(23)24;/h13-14H,2-12H2,1H3,(H2,17,18,19);1H. The molecular weight excluding hydrogens is 433 g/mol. The molecule has 1 aliphatic heterocycles.